The number of benzene rings is 2. The Balaban J connectivity index is 1.15. The van der Waals surface area contributed by atoms with Crippen LogP contribution in [0, 0.1) is 0 Å². The number of anilines is 1. The fourth-order valence-corrected chi connectivity index (χ4v) is 6.27. The quantitative estimate of drug-likeness (QED) is 0.448. The molecule has 196 valence electrons. The number of fused-ring (bicyclic) bond motifs is 1. The van der Waals surface area contributed by atoms with Gasteiger partial charge >= 0.3 is 0 Å². The molecule has 3 heterocycles. The molecule has 0 radical (unpaired) electrons. The van der Waals surface area contributed by atoms with Gasteiger partial charge in [-0.05, 0) is 67.1 Å². The van der Waals surface area contributed by atoms with Gasteiger partial charge in [-0.1, -0.05) is 30.3 Å². The highest BCUT2D eigenvalue weighted by Crippen LogP contribution is 2.25. The van der Waals surface area contributed by atoms with Gasteiger partial charge in [-0.15, -0.1) is 0 Å². The average molecular weight is 525 g/mol. The molecule has 2 atom stereocenters. The average Bonchev–Trinajstić information content (AvgIpc) is 3.18. The highest BCUT2D eigenvalue weighted by atomic mass is 32.2. The van der Waals surface area contributed by atoms with Gasteiger partial charge in [0.05, 0.1) is 10.5 Å². The zero-order valence-corrected chi connectivity index (χ0v) is 21.5. The highest BCUT2D eigenvalue weighted by molar-refractivity contribution is 7.89. The number of hydroxylamine groups is 1. The van der Waals surface area contributed by atoms with Crippen molar-refractivity contribution in [1.29, 1.82) is 0 Å². The maximum absolute atomic E-state index is 13.3. The molecule has 3 aromatic rings. The van der Waals surface area contributed by atoms with Crippen LogP contribution in [0.25, 0.3) is 10.8 Å². The number of hydrogen-bond donors (Lipinski definition) is 2. The van der Waals surface area contributed by atoms with E-state index >= 15 is 0 Å². The molecular formula is C27H32N4O5S. The third kappa shape index (κ3) is 6.27. The van der Waals surface area contributed by atoms with Gasteiger partial charge in [-0.2, -0.15) is 4.31 Å². The number of sulfonamides is 1. The van der Waals surface area contributed by atoms with E-state index in [0.717, 1.165) is 42.9 Å². The Labute approximate surface area is 217 Å². The molecule has 37 heavy (non-hydrogen) atoms. The summed E-state index contributed by atoms with van der Waals surface area (Å²) in [5, 5.41) is 5.32. The Hall–Kier alpha value is -3.05. The number of carbonyl (C=O) groups is 1. The minimum absolute atomic E-state index is 0.0794. The van der Waals surface area contributed by atoms with Crippen molar-refractivity contribution in [2.24, 2.45) is 0 Å². The Morgan fingerprint density at radius 1 is 0.973 bits per heavy atom. The molecule has 2 aliphatic heterocycles. The molecular weight excluding hydrogens is 492 g/mol. The summed E-state index contributed by atoms with van der Waals surface area (Å²) in [6.07, 6.45) is 6.08. The molecule has 2 unspecified atom stereocenters. The number of hydrogen-bond acceptors (Lipinski definition) is 7. The molecule has 2 aliphatic rings. The smallest absolute Gasteiger partial charge is 0.276 e. The highest BCUT2D eigenvalue weighted by Gasteiger charge is 2.28. The molecule has 2 aromatic carbocycles. The van der Waals surface area contributed by atoms with Crippen LogP contribution in [0.1, 0.15) is 48.9 Å². The Kier molecular flexibility index (Phi) is 7.99. The minimum atomic E-state index is -3.58. The van der Waals surface area contributed by atoms with Crippen molar-refractivity contribution in [3.05, 3.63) is 66.4 Å². The number of aromatic nitrogens is 1. The zero-order valence-electron chi connectivity index (χ0n) is 20.6. The van der Waals surface area contributed by atoms with Crippen LogP contribution in [0.2, 0.25) is 0 Å². The summed E-state index contributed by atoms with van der Waals surface area (Å²) in [5.41, 5.74) is 2.82. The van der Waals surface area contributed by atoms with E-state index in [1.807, 2.05) is 30.3 Å². The van der Waals surface area contributed by atoms with Crippen molar-refractivity contribution in [2.75, 3.05) is 25.0 Å². The van der Waals surface area contributed by atoms with Gasteiger partial charge in [0, 0.05) is 38.4 Å². The van der Waals surface area contributed by atoms with E-state index in [9.17, 15) is 13.2 Å². The molecule has 10 heteroatoms. The van der Waals surface area contributed by atoms with Gasteiger partial charge < -0.3 is 10.1 Å². The number of nitrogens with zero attached hydrogens (tertiary/aromatic N) is 2. The van der Waals surface area contributed by atoms with Gasteiger partial charge in [-0.25, -0.2) is 23.7 Å². The van der Waals surface area contributed by atoms with Gasteiger partial charge in [0.2, 0.25) is 10.0 Å². The molecule has 1 amide bonds. The first-order chi connectivity index (χ1) is 18.0. The van der Waals surface area contributed by atoms with Crippen LogP contribution in [0.5, 0.6) is 0 Å². The predicted octanol–water partition coefficient (Wildman–Crippen LogP) is 4.08. The second kappa shape index (κ2) is 11.6. The van der Waals surface area contributed by atoms with Gasteiger partial charge in [0.1, 0.15) is 5.82 Å². The summed E-state index contributed by atoms with van der Waals surface area (Å²) in [5.74, 6) is 0.265. The van der Waals surface area contributed by atoms with E-state index in [1.54, 1.807) is 28.6 Å². The summed E-state index contributed by atoms with van der Waals surface area (Å²) >= 11 is 0. The summed E-state index contributed by atoms with van der Waals surface area (Å²) in [4.78, 5) is 22.4. The lowest BCUT2D eigenvalue weighted by atomic mass is 10.1. The number of pyridine rings is 1. The summed E-state index contributed by atoms with van der Waals surface area (Å²) in [7, 11) is -3.58. The number of rotatable bonds is 7. The van der Waals surface area contributed by atoms with Crippen molar-refractivity contribution in [3.8, 4) is 0 Å². The number of amides is 1. The van der Waals surface area contributed by atoms with Crippen LogP contribution < -0.4 is 10.8 Å². The molecule has 2 N–H and O–H groups in total. The van der Waals surface area contributed by atoms with E-state index in [0.29, 0.717) is 42.4 Å². The maximum atomic E-state index is 13.3. The number of ether oxygens (including phenoxy) is 1. The molecule has 5 rings (SSSR count). The van der Waals surface area contributed by atoms with Crippen LogP contribution in [0.3, 0.4) is 0 Å². The minimum Gasteiger partial charge on any atom is -0.367 e. The Morgan fingerprint density at radius 2 is 1.84 bits per heavy atom. The summed E-state index contributed by atoms with van der Waals surface area (Å²) in [6.45, 7) is 1.54. The Morgan fingerprint density at radius 3 is 2.62 bits per heavy atom. The zero-order chi connectivity index (χ0) is 25.7. The standard InChI is InChI=1S/C27H32N4O5S/c32-27(30-36-26-9-3-4-17-35-26)22-11-13-25(28-19-22)29-23-8-5-15-31(16-14-23)37(33,34)24-12-10-20-6-1-2-7-21(20)18-24/h1-2,6-7,10-13,18-19,23,26H,3-5,8-9,14-17H2,(H,28,29)(H,30,32). The van der Waals surface area contributed by atoms with Crippen molar-refractivity contribution in [1.82, 2.24) is 14.8 Å². The third-order valence-electron chi connectivity index (χ3n) is 6.84. The second-order valence-electron chi connectivity index (χ2n) is 9.46. The van der Waals surface area contributed by atoms with Gasteiger partial charge in [0.15, 0.2) is 6.29 Å². The van der Waals surface area contributed by atoms with Crippen LogP contribution in [0.4, 0.5) is 5.82 Å². The van der Waals surface area contributed by atoms with E-state index in [1.165, 1.54) is 6.20 Å². The first-order valence-electron chi connectivity index (χ1n) is 12.8. The monoisotopic (exact) mass is 524 g/mol. The normalized spacial score (nSPS) is 21.3. The molecule has 9 nitrogen and oxygen atoms in total. The van der Waals surface area contributed by atoms with E-state index in [-0.39, 0.29) is 11.9 Å². The van der Waals surface area contributed by atoms with Crippen LogP contribution in [0.15, 0.2) is 65.7 Å². The van der Waals surface area contributed by atoms with Crippen LogP contribution >= 0.6 is 0 Å². The molecule has 0 saturated carbocycles. The topological polar surface area (TPSA) is 110 Å². The van der Waals surface area contributed by atoms with Crippen LogP contribution in [-0.2, 0) is 19.6 Å². The molecule has 1 aromatic heterocycles. The maximum Gasteiger partial charge on any atom is 0.276 e. The SMILES string of the molecule is O=C(NOC1CCCCO1)c1ccc(NC2CCCN(S(=O)(=O)c3ccc4ccccc4c3)CC2)nc1. The molecule has 2 fully saturated rings. The molecule has 0 aliphatic carbocycles. The van der Waals surface area contributed by atoms with Gasteiger partial charge in [0.25, 0.3) is 5.91 Å². The Bertz CT molecular complexity index is 1330. The lowest BCUT2D eigenvalue weighted by Gasteiger charge is -2.22. The first-order valence-corrected chi connectivity index (χ1v) is 14.2. The number of carbonyl (C=O) groups excluding carboxylic acids is 1. The van der Waals surface area contributed by atoms with Crippen molar-refractivity contribution in [3.63, 3.8) is 0 Å². The fraction of sp³-hybridized carbons (Fsp3) is 0.407. The van der Waals surface area contributed by atoms with Gasteiger partial charge in [-0.3, -0.25) is 4.79 Å². The fourth-order valence-electron chi connectivity index (χ4n) is 4.74. The lowest BCUT2D eigenvalue weighted by molar-refractivity contribution is -0.186. The molecule has 2 saturated heterocycles. The van der Waals surface area contributed by atoms with Crippen LogP contribution in [-0.4, -0.2) is 55.6 Å². The molecule has 0 spiro atoms. The van der Waals surface area contributed by atoms with Crippen molar-refractivity contribution >= 4 is 32.5 Å². The third-order valence-corrected chi connectivity index (χ3v) is 8.74. The summed E-state index contributed by atoms with van der Waals surface area (Å²) < 4.78 is 33.7. The first kappa shape index (κ1) is 25.6. The number of nitrogens with one attached hydrogen (secondary N) is 2. The molecule has 0 bridgehead atoms. The predicted molar refractivity (Wildman–Crippen MR) is 140 cm³/mol. The second-order valence-corrected chi connectivity index (χ2v) is 11.4. The van der Waals surface area contributed by atoms with Crippen molar-refractivity contribution < 1.29 is 22.8 Å². The van der Waals surface area contributed by atoms with Crippen molar-refractivity contribution in [2.45, 2.75) is 55.8 Å². The van der Waals surface area contributed by atoms with E-state index < -0.39 is 16.3 Å². The lowest BCUT2D eigenvalue weighted by Crippen LogP contribution is -2.33. The van der Waals surface area contributed by atoms with E-state index in [2.05, 4.69) is 15.8 Å². The van der Waals surface area contributed by atoms with E-state index in [4.69, 9.17) is 9.57 Å². The summed E-state index contributed by atoms with van der Waals surface area (Å²) in [6, 6.07) is 16.6. The largest absolute Gasteiger partial charge is 0.367 e.